The molecule has 0 spiro atoms. The number of nitro benzene ring substituents is 1. The molecule has 0 saturated carbocycles. The van der Waals surface area contributed by atoms with Crippen LogP contribution in [0, 0.1) is 10.1 Å². The monoisotopic (exact) mass is 416 g/mol. The van der Waals surface area contributed by atoms with E-state index in [1.165, 1.54) is 24.4 Å². The van der Waals surface area contributed by atoms with Gasteiger partial charge in [0.1, 0.15) is 6.04 Å². The second-order valence-corrected chi connectivity index (χ2v) is 6.67. The number of hydrazone groups is 1. The first-order valence-corrected chi connectivity index (χ1v) is 9.50. The molecule has 0 heterocycles. The SMILES string of the molecule is O=C(N[C@H](Cc1ccccc1)C(=O)NN=Cc1cccc([N+](=O)[O-])c1)c1ccccc1. The molecule has 0 aliphatic carbocycles. The van der Waals surface area contributed by atoms with E-state index in [0.717, 1.165) is 5.56 Å². The van der Waals surface area contributed by atoms with Crippen LogP contribution in [0.25, 0.3) is 0 Å². The van der Waals surface area contributed by atoms with Crippen molar-refractivity contribution in [3.8, 4) is 0 Å². The average molecular weight is 416 g/mol. The zero-order valence-corrected chi connectivity index (χ0v) is 16.5. The standard InChI is InChI=1S/C23H20N4O4/c28-22(19-11-5-2-6-12-19)25-21(15-17-8-3-1-4-9-17)23(29)26-24-16-18-10-7-13-20(14-18)27(30)31/h1-14,16,21H,15H2,(H,25,28)(H,26,29)/t21-/m1/s1. The predicted molar refractivity (Wildman–Crippen MR) is 117 cm³/mol. The lowest BCUT2D eigenvalue weighted by Gasteiger charge is -2.17. The highest BCUT2D eigenvalue weighted by Crippen LogP contribution is 2.11. The molecule has 0 fully saturated rings. The van der Waals surface area contributed by atoms with Gasteiger partial charge in [0.2, 0.25) is 0 Å². The number of rotatable bonds is 8. The van der Waals surface area contributed by atoms with Gasteiger partial charge >= 0.3 is 0 Å². The van der Waals surface area contributed by atoms with Crippen LogP contribution in [-0.4, -0.2) is 29.0 Å². The molecule has 0 bridgehead atoms. The van der Waals surface area contributed by atoms with Crippen molar-refractivity contribution in [3.05, 3.63) is 112 Å². The van der Waals surface area contributed by atoms with Crippen LogP contribution < -0.4 is 10.7 Å². The van der Waals surface area contributed by atoms with Crippen LogP contribution >= 0.6 is 0 Å². The molecule has 0 radical (unpaired) electrons. The predicted octanol–water partition coefficient (Wildman–Crippen LogP) is 3.09. The minimum atomic E-state index is -0.864. The number of carbonyl (C=O) groups is 2. The largest absolute Gasteiger partial charge is 0.340 e. The Bertz CT molecular complexity index is 1090. The summed E-state index contributed by atoms with van der Waals surface area (Å²) in [5, 5.41) is 17.5. The molecule has 3 rings (SSSR count). The Labute approximate surface area is 178 Å². The molecule has 8 heteroatoms. The van der Waals surface area contributed by atoms with E-state index in [1.54, 1.807) is 36.4 Å². The number of carbonyl (C=O) groups excluding carboxylic acids is 2. The topological polar surface area (TPSA) is 114 Å². The summed E-state index contributed by atoms with van der Waals surface area (Å²) in [7, 11) is 0. The second-order valence-electron chi connectivity index (χ2n) is 6.67. The van der Waals surface area contributed by atoms with E-state index >= 15 is 0 Å². The van der Waals surface area contributed by atoms with Crippen LogP contribution in [0.15, 0.2) is 90.0 Å². The van der Waals surface area contributed by atoms with Crippen LogP contribution in [0.3, 0.4) is 0 Å². The minimum Gasteiger partial charge on any atom is -0.340 e. The zero-order valence-electron chi connectivity index (χ0n) is 16.5. The van der Waals surface area contributed by atoms with Crippen molar-refractivity contribution < 1.29 is 14.5 Å². The summed E-state index contributed by atoms with van der Waals surface area (Å²) in [4.78, 5) is 35.6. The van der Waals surface area contributed by atoms with Gasteiger partial charge < -0.3 is 5.32 Å². The lowest BCUT2D eigenvalue weighted by Crippen LogP contribution is -2.46. The van der Waals surface area contributed by atoms with Crippen molar-refractivity contribution in [1.82, 2.24) is 10.7 Å². The summed E-state index contributed by atoms with van der Waals surface area (Å²) in [5.74, 6) is -0.880. The minimum absolute atomic E-state index is 0.0765. The smallest absolute Gasteiger partial charge is 0.270 e. The molecule has 3 aromatic carbocycles. The summed E-state index contributed by atoms with van der Waals surface area (Å²) in [6.45, 7) is 0. The molecule has 1 atom stereocenters. The summed E-state index contributed by atoms with van der Waals surface area (Å²) in [5.41, 5.74) is 4.10. The Morgan fingerprint density at radius 2 is 1.65 bits per heavy atom. The van der Waals surface area contributed by atoms with Crippen molar-refractivity contribution in [2.24, 2.45) is 5.10 Å². The number of nitrogens with one attached hydrogen (secondary N) is 2. The van der Waals surface area contributed by atoms with Gasteiger partial charge in [-0.3, -0.25) is 19.7 Å². The van der Waals surface area contributed by atoms with E-state index in [9.17, 15) is 19.7 Å². The number of hydrogen-bond acceptors (Lipinski definition) is 5. The summed E-state index contributed by atoms with van der Waals surface area (Å²) < 4.78 is 0. The van der Waals surface area contributed by atoms with E-state index in [4.69, 9.17) is 0 Å². The molecule has 0 aromatic heterocycles. The van der Waals surface area contributed by atoms with Gasteiger partial charge in [-0.25, -0.2) is 5.43 Å². The summed E-state index contributed by atoms with van der Waals surface area (Å²) in [6, 6.07) is 22.9. The fraction of sp³-hybridized carbons (Fsp3) is 0.0870. The van der Waals surface area contributed by atoms with E-state index in [0.29, 0.717) is 11.1 Å². The molecule has 0 aliphatic rings. The fourth-order valence-electron chi connectivity index (χ4n) is 2.86. The van der Waals surface area contributed by atoms with E-state index in [1.807, 2.05) is 30.3 Å². The number of benzene rings is 3. The maximum absolute atomic E-state index is 12.7. The zero-order chi connectivity index (χ0) is 22.1. The van der Waals surface area contributed by atoms with Gasteiger partial charge in [0.15, 0.2) is 0 Å². The quantitative estimate of drug-likeness (QED) is 0.334. The van der Waals surface area contributed by atoms with Crippen molar-refractivity contribution >= 4 is 23.7 Å². The van der Waals surface area contributed by atoms with Crippen LogP contribution in [-0.2, 0) is 11.2 Å². The average Bonchev–Trinajstić information content (AvgIpc) is 2.80. The normalized spacial score (nSPS) is 11.6. The van der Waals surface area contributed by atoms with Crippen LogP contribution in [0.1, 0.15) is 21.5 Å². The van der Waals surface area contributed by atoms with Crippen molar-refractivity contribution in [3.63, 3.8) is 0 Å². The second kappa shape index (κ2) is 10.4. The Kier molecular flexibility index (Phi) is 7.21. The third kappa shape index (κ3) is 6.33. The molecule has 0 aliphatic heterocycles. The number of amides is 2. The Morgan fingerprint density at radius 1 is 0.968 bits per heavy atom. The van der Waals surface area contributed by atoms with Gasteiger partial charge in [-0.15, -0.1) is 0 Å². The summed E-state index contributed by atoms with van der Waals surface area (Å²) in [6.07, 6.45) is 1.58. The number of non-ortho nitro benzene ring substituents is 1. The Hall–Kier alpha value is -4.33. The first kappa shape index (κ1) is 21.4. The first-order valence-electron chi connectivity index (χ1n) is 9.50. The number of nitrogens with zero attached hydrogens (tertiary/aromatic N) is 2. The first-order chi connectivity index (χ1) is 15.0. The highest BCUT2D eigenvalue weighted by atomic mass is 16.6. The number of hydrogen-bond donors (Lipinski definition) is 2. The fourth-order valence-corrected chi connectivity index (χ4v) is 2.86. The Balaban J connectivity index is 1.71. The third-order valence-electron chi connectivity index (χ3n) is 4.41. The molecule has 156 valence electrons. The Morgan fingerprint density at radius 3 is 2.32 bits per heavy atom. The van der Waals surface area contributed by atoms with Crippen LogP contribution in [0.5, 0.6) is 0 Å². The van der Waals surface area contributed by atoms with Gasteiger partial charge in [-0.2, -0.15) is 5.10 Å². The summed E-state index contributed by atoms with van der Waals surface area (Å²) >= 11 is 0. The number of nitro groups is 1. The van der Waals surface area contributed by atoms with Crippen LogP contribution in [0.4, 0.5) is 5.69 Å². The molecule has 8 nitrogen and oxygen atoms in total. The van der Waals surface area contributed by atoms with Gasteiger partial charge in [0.05, 0.1) is 11.1 Å². The highest BCUT2D eigenvalue weighted by molar-refractivity contribution is 5.97. The van der Waals surface area contributed by atoms with E-state index in [-0.39, 0.29) is 18.0 Å². The molecule has 0 saturated heterocycles. The maximum Gasteiger partial charge on any atom is 0.270 e. The molecular formula is C23H20N4O4. The molecule has 2 amide bonds. The molecule has 3 aromatic rings. The van der Waals surface area contributed by atoms with E-state index < -0.39 is 16.9 Å². The molecule has 2 N–H and O–H groups in total. The van der Waals surface area contributed by atoms with Gasteiger partial charge in [-0.05, 0) is 17.7 Å². The van der Waals surface area contributed by atoms with Gasteiger partial charge in [0, 0.05) is 29.7 Å². The van der Waals surface area contributed by atoms with Gasteiger partial charge in [0.25, 0.3) is 17.5 Å². The van der Waals surface area contributed by atoms with Crippen LogP contribution in [0.2, 0.25) is 0 Å². The molecule has 0 unspecified atom stereocenters. The third-order valence-corrected chi connectivity index (χ3v) is 4.41. The van der Waals surface area contributed by atoms with E-state index in [2.05, 4.69) is 15.8 Å². The van der Waals surface area contributed by atoms with Gasteiger partial charge in [-0.1, -0.05) is 60.7 Å². The maximum atomic E-state index is 12.7. The molecule has 31 heavy (non-hydrogen) atoms. The van der Waals surface area contributed by atoms with Crippen molar-refractivity contribution in [2.45, 2.75) is 12.5 Å². The lowest BCUT2D eigenvalue weighted by atomic mass is 10.0. The lowest BCUT2D eigenvalue weighted by molar-refractivity contribution is -0.384. The molecular weight excluding hydrogens is 396 g/mol. The van der Waals surface area contributed by atoms with Crippen molar-refractivity contribution in [2.75, 3.05) is 0 Å². The van der Waals surface area contributed by atoms with Crippen molar-refractivity contribution in [1.29, 1.82) is 0 Å². The highest BCUT2D eigenvalue weighted by Gasteiger charge is 2.21.